The van der Waals surface area contributed by atoms with Crippen LogP contribution in [0.5, 0.6) is 0 Å². The molecule has 1 unspecified atom stereocenters. The average Bonchev–Trinajstić information content (AvgIpc) is 2.70. The van der Waals surface area contributed by atoms with Gasteiger partial charge in [-0.15, -0.1) is 0 Å². The first-order valence-electron chi connectivity index (χ1n) is 7.69. The number of hydrogen-bond acceptors (Lipinski definition) is 4. The van der Waals surface area contributed by atoms with E-state index in [1.54, 1.807) is 11.8 Å². The van der Waals surface area contributed by atoms with Gasteiger partial charge in [0.05, 0.1) is 0 Å². The Labute approximate surface area is 126 Å². The molecule has 2 rings (SSSR count). The van der Waals surface area contributed by atoms with E-state index >= 15 is 0 Å². The zero-order chi connectivity index (χ0) is 15.7. The third-order valence-electron chi connectivity index (χ3n) is 4.14. The van der Waals surface area contributed by atoms with Crippen LogP contribution in [0.25, 0.3) is 0 Å². The summed E-state index contributed by atoms with van der Waals surface area (Å²) in [5, 5.41) is 6.51. The van der Waals surface area contributed by atoms with E-state index in [4.69, 9.17) is 4.74 Å². The minimum atomic E-state index is -0.450. The lowest BCUT2D eigenvalue weighted by Crippen LogP contribution is -2.52. The molecule has 0 aromatic carbocycles. The summed E-state index contributed by atoms with van der Waals surface area (Å²) in [6.45, 7) is 9.41. The highest BCUT2D eigenvalue weighted by molar-refractivity contribution is 5.73. The molecule has 2 fully saturated rings. The number of rotatable bonds is 1. The molecule has 0 aliphatic carbocycles. The fraction of sp³-hybridized carbons (Fsp3) is 0.867. The number of carbonyl (C=O) groups is 2. The molecule has 0 aromatic heterocycles. The van der Waals surface area contributed by atoms with Crippen molar-refractivity contribution >= 4 is 12.0 Å². The maximum absolute atomic E-state index is 12.1. The van der Waals surface area contributed by atoms with Crippen LogP contribution in [-0.4, -0.2) is 53.7 Å². The molecule has 120 valence electrons. The zero-order valence-electron chi connectivity index (χ0n) is 13.5. The number of amides is 2. The summed E-state index contributed by atoms with van der Waals surface area (Å²) in [5.41, 5.74) is -0.389. The zero-order valence-corrected chi connectivity index (χ0v) is 13.5. The molecule has 1 atom stereocenters. The van der Waals surface area contributed by atoms with Gasteiger partial charge in [0.25, 0.3) is 0 Å². The summed E-state index contributed by atoms with van der Waals surface area (Å²) in [6.07, 6.45) is 2.52. The minimum Gasteiger partial charge on any atom is -0.444 e. The Morgan fingerprint density at radius 1 is 1.29 bits per heavy atom. The molecule has 2 aliphatic heterocycles. The first-order valence-corrected chi connectivity index (χ1v) is 7.69. The van der Waals surface area contributed by atoms with Crippen molar-refractivity contribution in [1.29, 1.82) is 0 Å². The number of ether oxygens (including phenoxy) is 1. The summed E-state index contributed by atoms with van der Waals surface area (Å²) in [7, 11) is 0. The molecular formula is C15H27N3O3. The Hall–Kier alpha value is -1.30. The largest absolute Gasteiger partial charge is 0.444 e. The van der Waals surface area contributed by atoms with Crippen LogP contribution in [0.4, 0.5) is 4.79 Å². The average molecular weight is 297 g/mol. The third-order valence-corrected chi connectivity index (χ3v) is 4.14. The van der Waals surface area contributed by atoms with Crippen molar-refractivity contribution in [3.05, 3.63) is 0 Å². The molecule has 1 spiro atoms. The third kappa shape index (κ3) is 4.33. The highest BCUT2D eigenvalue weighted by Gasteiger charge is 2.42. The molecule has 2 saturated heterocycles. The summed E-state index contributed by atoms with van der Waals surface area (Å²) in [6, 6.07) is 0.204. The Morgan fingerprint density at radius 3 is 2.43 bits per heavy atom. The highest BCUT2D eigenvalue weighted by atomic mass is 16.6. The molecule has 0 bridgehead atoms. The molecule has 2 N–H and O–H groups in total. The van der Waals surface area contributed by atoms with Gasteiger partial charge in [0.2, 0.25) is 5.91 Å². The molecule has 2 heterocycles. The summed E-state index contributed by atoms with van der Waals surface area (Å²) in [5.74, 6) is 0.0186. The van der Waals surface area contributed by atoms with Crippen LogP contribution >= 0.6 is 0 Å². The smallest absolute Gasteiger partial charge is 0.410 e. The van der Waals surface area contributed by atoms with Crippen LogP contribution in [0.2, 0.25) is 0 Å². The van der Waals surface area contributed by atoms with E-state index in [-0.39, 0.29) is 23.6 Å². The van der Waals surface area contributed by atoms with E-state index in [2.05, 4.69) is 10.6 Å². The van der Waals surface area contributed by atoms with Gasteiger partial charge < -0.3 is 20.3 Å². The SMILES string of the molecule is CC(=O)NC1CNC2(CCN(C(=O)OC(C)(C)C)CC2)C1. The van der Waals surface area contributed by atoms with E-state index in [0.717, 1.165) is 25.8 Å². The van der Waals surface area contributed by atoms with Crippen molar-refractivity contribution in [1.82, 2.24) is 15.5 Å². The lowest BCUT2D eigenvalue weighted by Gasteiger charge is -2.39. The quantitative estimate of drug-likeness (QED) is 0.764. The van der Waals surface area contributed by atoms with Crippen molar-refractivity contribution in [3.63, 3.8) is 0 Å². The summed E-state index contributed by atoms with van der Waals surface area (Å²) < 4.78 is 5.41. The standard InChI is InChI=1S/C15H27N3O3/c1-11(19)17-12-9-15(16-10-12)5-7-18(8-6-15)13(20)21-14(2,3)4/h12,16H,5-10H2,1-4H3,(H,17,19). The Morgan fingerprint density at radius 2 is 1.90 bits per heavy atom. The molecule has 0 radical (unpaired) electrons. The van der Waals surface area contributed by atoms with Crippen LogP contribution < -0.4 is 10.6 Å². The number of nitrogens with zero attached hydrogens (tertiary/aromatic N) is 1. The van der Waals surface area contributed by atoms with E-state index < -0.39 is 5.60 Å². The van der Waals surface area contributed by atoms with E-state index in [0.29, 0.717) is 13.1 Å². The first-order chi connectivity index (χ1) is 9.69. The number of likely N-dealkylation sites (tertiary alicyclic amines) is 1. The minimum absolute atomic E-state index is 0.0186. The molecular weight excluding hydrogens is 270 g/mol. The van der Waals surface area contributed by atoms with Gasteiger partial charge in [-0.05, 0) is 40.0 Å². The van der Waals surface area contributed by atoms with Crippen molar-refractivity contribution < 1.29 is 14.3 Å². The maximum Gasteiger partial charge on any atom is 0.410 e. The van der Waals surface area contributed by atoms with Crippen LogP contribution in [0.1, 0.15) is 47.0 Å². The predicted molar refractivity (Wildman–Crippen MR) is 80.0 cm³/mol. The molecule has 6 nitrogen and oxygen atoms in total. The highest BCUT2D eigenvalue weighted by Crippen LogP contribution is 2.31. The molecule has 2 aliphatic rings. The Bertz CT molecular complexity index is 409. The van der Waals surface area contributed by atoms with Gasteiger partial charge in [0, 0.05) is 38.1 Å². The predicted octanol–water partition coefficient (Wildman–Crippen LogP) is 1.25. The van der Waals surface area contributed by atoms with Crippen molar-refractivity contribution in [2.45, 2.75) is 64.1 Å². The van der Waals surface area contributed by atoms with Gasteiger partial charge in [-0.3, -0.25) is 4.79 Å². The van der Waals surface area contributed by atoms with Gasteiger partial charge in [0.1, 0.15) is 5.60 Å². The number of carbonyl (C=O) groups excluding carboxylic acids is 2. The van der Waals surface area contributed by atoms with E-state index in [1.165, 1.54) is 0 Å². The first kappa shape index (κ1) is 16.1. The summed E-state index contributed by atoms with van der Waals surface area (Å²) >= 11 is 0. The fourth-order valence-electron chi connectivity index (χ4n) is 3.17. The normalized spacial score (nSPS) is 25.0. The second-order valence-electron chi connectivity index (χ2n) is 7.23. The van der Waals surface area contributed by atoms with Crippen molar-refractivity contribution in [2.75, 3.05) is 19.6 Å². The monoisotopic (exact) mass is 297 g/mol. The van der Waals surface area contributed by atoms with E-state index in [1.807, 2.05) is 20.8 Å². The number of hydrogen-bond donors (Lipinski definition) is 2. The lowest BCUT2D eigenvalue weighted by atomic mass is 9.85. The van der Waals surface area contributed by atoms with Crippen molar-refractivity contribution in [2.24, 2.45) is 0 Å². The fourth-order valence-corrected chi connectivity index (χ4v) is 3.17. The van der Waals surface area contributed by atoms with Crippen LogP contribution in [0, 0.1) is 0 Å². The van der Waals surface area contributed by atoms with Gasteiger partial charge in [-0.25, -0.2) is 4.79 Å². The van der Waals surface area contributed by atoms with Crippen molar-refractivity contribution in [3.8, 4) is 0 Å². The molecule has 6 heteroatoms. The topological polar surface area (TPSA) is 70.7 Å². The second-order valence-corrected chi connectivity index (χ2v) is 7.23. The summed E-state index contributed by atoms with van der Waals surface area (Å²) in [4.78, 5) is 25.0. The molecule has 2 amide bonds. The maximum atomic E-state index is 12.1. The second kappa shape index (κ2) is 5.83. The van der Waals surface area contributed by atoms with Gasteiger partial charge in [0.15, 0.2) is 0 Å². The Kier molecular flexibility index (Phi) is 4.46. The Balaban J connectivity index is 1.83. The van der Waals surface area contributed by atoms with Crippen LogP contribution in [0.3, 0.4) is 0 Å². The van der Waals surface area contributed by atoms with Gasteiger partial charge >= 0.3 is 6.09 Å². The van der Waals surface area contributed by atoms with Gasteiger partial charge in [-0.1, -0.05) is 0 Å². The van der Waals surface area contributed by atoms with E-state index in [9.17, 15) is 9.59 Å². The van der Waals surface area contributed by atoms with Gasteiger partial charge in [-0.2, -0.15) is 0 Å². The number of piperidine rings is 1. The van der Waals surface area contributed by atoms with Crippen LogP contribution in [0.15, 0.2) is 0 Å². The van der Waals surface area contributed by atoms with Crippen LogP contribution in [-0.2, 0) is 9.53 Å². The lowest BCUT2D eigenvalue weighted by molar-refractivity contribution is -0.119. The molecule has 21 heavy (non-hydrogen) atoms. The molecule has 0 saturated carbocycles. The number of nitrogens with one attached hydrogen (secondary N) is 2. The molecule has 0 aromatic rings.